The molecule has 11 heteroatoms. The summed E-state index contributed by atoms with van der Waals surface area (Å²) in [7, 11) is 1.74. The maximum Gasteiger partial charge on any atom is 0.260 e. The zero-order chi connectivity index (χ0) is 21.1. The summed E-state index contributed by atoms with van der Waals surface area (Å²) in [6.07, 6.45) is 5.91. The lowest BCUT2D eigenvalue weighted by molar-refractivity contribution is 0.102. The minimum Gasteiger partial charge on any atom is -0.398 e. The third-order valence-electron chi connectivity index (χ3n) is 4.13. The summed E-state index contributed by atoms with van der Waals surface area (Å²) in [6, 6.07) is 8.82. The Bertz CT molecular complexity index is 1230. The van der Waals surface area contributed by atoms with Crippen molar-refractivity contribution in [2.45, 2.75) is 0 Å². The monoisotopic (exact) mass is 419 g/mol. The van der Waals surface area contributed by atoms with Crippen LogP contribution in [-0.2, 0) is 7.05 Å². The van der Waals surface area contributed by atoms with E-state index >= 15 is 0 Å². The Labute approximate surface area is 175 Å². The minimum absolute atomic E-state index is 0.294. The molecule has 3 heterocycles. The van der Waals surface area contributed by atoms with E-state index < -0.39 is 0 Å². The molecule has 0 radical (unpaired) electrons. The number of benzene rings is 1. The van der Waals surface area contributed by atoms with E-state index in [1.165, 1.54) is 23.7 Å². The zero-order valence-corrected chi connectivity index (χ0v) is 16.6. The highest BCUT2D eigenvalue weighted by atomic mass is 32.1. The summed E-state index contributed by atoms with van der Waals surface area (Å²) in [5.41, 5.74) is 8.94. The molecular formula is C19H17N9OS. The molecule has 10 nitrogen and oxygen atoms in total. The van der Waals surface area contributed by atoms with Crippen LogP contribution in [-0.4, -0.2) is 37.1 Å². The zero-order valence-electron chi connectivity index (χ0n) is 15.8. The standard InChI is InChI=1S/C19H17N9OS/c1-28-10-13(9-23-28)17(29)25-16-7-11(4-5-22-16)18-26-27-19(30-18)24-14-2-3-15(21)12(6-14)8-20/h2-10,20H,21H2,1H3,(H,24,27)(H,22,25,29). The van der Waals surface area contributed by atoms with Crippen molar-refractivity contribution in [1.29, 1.82) is 5.41 Å². The van der Waals surface area contributed by atoms with Crippen molar-refractivity contribution in [3.8, 4) is 10.6 Å². The van der Waals surface area contributed by atoms with Crippen molar-refractivity contribution in [2.24, 2.45) is 7.05 Å². The van der Waals surface area contributed by atoms with Gasteiger partial charge in [0.1, 0.15) is 10.8 Å². The van der Waals surface area contributed by atoms with Crippen molar-refractivity contribution < 1.29 is 4.79 Å². The molecule has 0 saturated carbocycles. The van der Waals surface area contributed by atoms with Gasteiger partial charge in [0, 0.05) is 48.2 Å². The second-order valence-electron chi connectivity index (χ2n) is 6.31. The van der Waals surface area contributed by atoms with Crippen LogP contribution >= 0.6 is 11.3 Å². The van der Waals surface area contributed by atoms with E-state index in [9.17, 15) is 4.79 Å². The molecule has 0 aliphatic heterocycles. The van der Waals surface area contributed by atoms with E-state index in [4.69, 9.17) is 11.1 Å². The topological polar surface area (TPSA) is 147 Å². The average molecular weight is 419 g/mol. The van der Waals surface area contributed by atoms with Crippen molar-refractivity contribution >= 4 is 45.8 Å². The van der Waals surface area contributed by atoms with Crippen molar-refractivity contribution in [2.75, 3.05) is 16.4 Å². The third-order valence-corrected chi connectivity index (χ3v) is 5.02. The maximum atomic E-state index is 12.3. The van der Waals surface area contributed by atoms with Gasteiger partial charge in [-0.3, -0.25) is 9.48 Å². The Morgan fingerprint density at radius 3 is 2.90 bits per heavy atom. The number of nitrogens with zero attached hydrogens (tertiary/aromatic N) is 5. The molecule has 3 aromatic heterocycles. The molecule has 1 amide bonds. The molecule has 150 valence electrons. The summed E-state index contributed by atoms with van der Waals surface area (Å²) in [5, 5.41) is 26.9. The summed E-state index contributed by atoms with van der Waals surface area (Å²) in [4.78, 5) is 16.5. The Hall–Kier alpha value is -4.12. The first-order valence-electron chi connectivity index (χ1n) is 8.79. The molecule has 0 aliphatic carbocycles. The summed E-state index contributed by atoms with van der Waals surface area (Å²) in [5.74, 6) is 0.109. The average Bonchev–Trinajstić information content (AvgIpc) is 3.39. The number of carbonyl (C=O) groups excluding carboxylic acids is 1. The highest BCUT2D eigenvalue weighted by Gasteiger charge is 2.12. The van der Waals surface area contributed by atoms with Crippen LogP contribution in [0.15, 0.2) is 48.9 Å². The number of hydrogen-bond acceptors (Lipinski definition) is 9. The number of rotatable bonds is 6. The maximum absolute atomic E-state index is 12.3. The molecule has 0 fully saturated rings. The van der Waals surface area contributed by atoms with Crippen LogP contribution in [0.2, 0.25) is 0 Å². The number of aryl methyl sites for hydroxylation is 1. The Balaban J connectivity index is 1.50. The molecular weight excluding hydrogens is 402 g/mol. The number of hydrogen-bond donors (Lipinski definition) is 4. The van der Waals surface area contributed by atoms with E-state index in [0.717, 1.165) is 11.3 Å². The van der Waals surface area contributed by atoms with Gasteiger partial charge in [0.15, 0.2) is 0 Å². The lowest BCUT2D eigenvalue weighted by atomic mass is 10.2. The molecule has 5 N–H and O–H groups in total. The largest absolute Gasteiger partial charge is 0.398 e. The Morgan fingerprint density at radius 1 is 1.27 bits per heavy atom. The fourth-order valence-corrected chi connectivity index (χ4v) is 3.41. The number of anilines is 4. The predicted octanol–water partition coefficient (Wildman–Crippen LogP) is 2.91. The van der Waals surface area contributed by atoms with E-state index in [2.05, 4.69) is 30.9 Å². The summed E-state index contributed by atoms with van der Waals surface area (Å²) in [6.45, 7) is 0. The molecule has 1 aromatic carbocycles. The predicted molar refractivity (Wildman–Crippen MR) is 116 cm³/mol. The van der Waals surface area contributed by atoms with Crippen molar-refractivity contribution in [1.82, 2.24) is 25.0 Å². The molecule has 0 unspecified atom stereocenters. The lowest BCUT2D eigenvalue weighted by Crippen LogP contribution is -2.12. The van der Waals surface area contributed by atoms with Gasteiger partial charge in [0.2, 0.25) is 5.13 Å². The van der Waals surface area contributed by atoms with E-state index in [1.807, 2.05) is 6.07 Å². The van der Waals surface area contributed by atoms with Gasteiger partial charge in [-0.1, -0.05) is 11.3 Å². The van der Waals surface area contributed by atoms with Crippen LogP contribution < -0.4 is 16.4 Å². The van der Waals surface area contributed by atoms with E-state index in [0.29, 0.717) is 32.8 Å². The number of nitrogens with one attached hydrogen (secondary N) is 3. The first-order chi connectivity index (χ1) is 14.5. The second-order valence-corrected chi connectivity index (χ2v) is 7.29. The molecule has 0 saturated heterocycles. The number of carbonyl (C=O) groups is 1. The number of amides is 1. The van der Waals surface area contributed by atoms with Gasteiger partial charge in [-0.15, -0.1) is 10.2 Å². The number of nitrogens with two attached hydrogens (primary N) is 1. The molecule has 0 spiro atoms. The van der Waals surface area contributed by atoms with Gasteiger partial charge in [-0.2, -0.15) is 5.10 Å². The lowest BCUT2D eigenvalue weighted by Gasteiger charge is -2.05. The Kier molecular flexibility index (Phi) is 5.18. The van der Waals surface area contributed by atoms with Gasteiger partial charge >= 0.3 is 0 Å². The van der Waals surface area contributed by atoms with Crippen LogP contribution in [0.5, 0.6) is 0 Å². The van der Waals surface area contributed by atoms with Gasteiger partial charge < -0.3 is 21.8 Å². The first-order valence-corrected chi connectivity index (χ1v) is 9.60. The highest BCUT2D eigenvalue weighted by Crippen LogP contribution is 2.29. The molecule has 0 atom stereocenters. The summed E-state index contributed by atoms with van der Waals surface area (Å²) < 4.78 is 1.56. The molecule has 0 bridgehead atoms. The first kappa shape index (κ1) is 19.2. The third kappa shape index (κ3) is 4.15. The van der Waals surface area contributed by atoms with Crippen LogP contribution in [0.4, 0.5) is 22.3 Å². The van der Waals surface area contributed by atoms with Crippen molar-refractivity contribution in [3.63, 3.8) is 0 Å². The van der Waals surface area contributed by atoms with Gasteiger partial charge in [-0.05, 0) is 30.3 Å². The van der Waals surface area contributed by atoms with Crippen LogP contribution in [0.1, 0.15) is 15.9 Å². The summed E-state index contributed by atoms with van der Waals surface area (Å²) >= 11 is 1.35. The number of nitrogen functional groups attached to an aromatic ring is 1. The molecule has 0 aliphatic rings. The molecule has 30 heavy (non-hydrogen) atoms. The smallest absolute Gasteiger partial charge is 0.260 e. The molecule has 4 rings (SSSR count). The number of aromatic nitrogens is 5. The number of pyridine rings is 1. The molecule has 4 aromatic rings. The SMILES string of the molecule is Cn1cc(C(=O)Nc2cc(-c3nnc(Nc4ccc(N)c(C=N)c4)s3)ccn2)cn1. The Morgan fingerprint density at radius 2 is 2.13 bits per heavy atom. The van der Waals surface area contributed by atoms with Crippen LogP contribution in [0, 0.1) is 5.41 Å². The fourth-order valence-electron chi connectivity index (χ4n) is 2.65. The van der Waals surface area contributed by atoms with Crippen LogP contribution in [0.3, 0.4) is 0 Å². The van der Waals surface area contributed by atoms with E-state index in [-0.39, 0.29) is 5.91 Å². The van der Waals surface area contributed by atoms with Gasteiger partial charge in [-0.25, -0.2) is 4.98 Å². The van der Waals surface area contributed by atoms with Gasteiger partial charge in [0.05, 0.1) is 11.8 Å². The van der Waals surface area contributed by atoms with Crippen molar-refractivity contribution in [3.05, 3.63) is 60.0 Å². The highest BCUT2D eigenvalue weighted by molar-refractivity contribution is 7.18. The quantitative estimate of drug-likeness (QED) is 0.277. The van der Waals surface area contributed by atoms with Crippen LogP contribution in [0.25, 0.3) is 10.6 Å². The van der Waals surface area contributed by atoms with E-state index in [1.54, 1.807) is 48.4 Å². The van der Waals surface area contributed by atoms with Gasteiger partial charge in [0.25, 0.3) is 5.91 Å². The minimum atomic E-state index is -0.294. The fraction of sp³-hybridized carbons (Fsp3) is 0.0526. The second kappa shape index (κ2) is 8.09. The normalized spacial score (nSPS) is 10.6.